The fourth-order valence-electron chi connectivity index (χ4n) is 6.56. The third-order valence-electron chi connectivity index (χ3n) is 7.89. The van der Waals surface area contributed by atoms with Crippen molar-refractivity contribution in [2.75, 3.05) is 0 Å². The number of ether oxygens (including phenoxy) is 1. The van der Waals surface area contributed by atoms with Crippen LogP contribution in [0.5, 0.6) is 0 Å². The molecule has 12 heteroatoms. The maximum absolute atomic E-state index is 14.7. The lowest BCUT2D eigenvalue weighted by atomic mass is 9.47. The van der Waals surface area contributed by atoms with Gasteiger partial charge < -0.3 is 4.74 Å². The minimum absolute atomic E-state index is 0.0840. The second kappa shape index (κ2) is 8.04. The molecule has 0 aromatic carbocycles. The van der Waals surface area contributed by atoms with E-state index in [4.69, 9.17) is 4.74 Å². The van der Waals surface area contributed by atoms with Crippen molar-refractivity contribution in [3.63, 3.8) is 0 Å². The molecule has 2 unspecified atom stereocenters. The molecule has 4 fully saturated rings. The highest BCUT2D eigenvalue weighted by molar-refractivity contribution is 14.1. The topological polar surface area (TPSA) is 26.3 Å². The zero-order chi connectivity index (χ0) is 25.4. The van der Waals surface area contributed by atoms with E-state index in [9.17, 15) is 44.3 Å². The van der Waals surface area contributed by atoms with Crippen molar-refractivity contribution >= 4 is 28.6 Å². The van der Waals surface area contributed by atoms with Crippen LogP contribution in [-0.2, 0) is 9.53 Å². The molecular formula is C21H26F9IO2. The highest BCUT2D eigenvalue weighted by Gasteiger charge is 2.82. The third kappa shape index (κ3) is 4.15. The monoisotopic (exact) mass is 608 g/mol. The third-order valence-corrected chi connectivity index (χ3v) is 8.71. The molecule has 0 aromatic rings. The lowest BCUT2D eigenvalue weighted by Gasteiger charge is -2.62. The zero-order valence-electron chi connectivity index (χ0n) is 18.2. The highest BCUT2D eigenvalue weighted by atomic mass is 127. The number of alkyl halides is 10. The van der Waals surface area contributed by atoms with Crippen LogP contribution in [0.2, 0.25) is 0 Å². The summed E-state index contributed by atoms with van der Waals surface area (Å²) in [6.07, 6.45) is -11.8. The van der Waals surface area contributed by atoms with Crippen LogP contribution in [0.15, 0.2) is 0 Å². The molecule has 0 N–H and O–H groups in total. The van der Waals surface area contributed by atoms with Crippen molar-refractivity contribution in [2.24, 2.45) is 29.6 Å². The molecule has 33 heavy (non-hydrogen) atoms. The molecule has 0 aliphatic heterocycles. The van der Waals surface area contributed by atoms with Crippen molar-refractivity contribution in [3.8, 4) is 0 Å². The van der Waals surface area contributed by atoms with Crippen molar-refractivity contribution in [2.45, 2.75) is 92.3 Å². The van der Waals surface area contributed by atoms with Gasteiger partial charge in [0.05, 0.1) is 0 Å². The summed E-state index contributed by atoms with van der Waals surface area (Å²) in [5, 5.41) is 0. The first-order valence-electron chi connectivity index (χ1n) is 10.8. The molecule has 2 atom stereocenters. The van der Waals surface area contributed by atoms with Crippen LogP contribution in [0.3, 0.4) is 0 Å². The van der Waals surface area contributed by atoms with Gasteiger partial charge in [0.2, 0.25) is 0 Å². The van der Waals surface area contributed by atoms with Crippen LogP contribution in [0.25, 0.3) is 0 Å². The Kier molecular flexibility index (Phi) is 6.62. The van der Waals surface area contributed by atoms with E-state index < -0.39 is 45.4 Å². The van der Waals surface area contributed by atoms with Gasteiger partial charge in [-0.3, -0.25) is 4.79 Å². The maximum Gasteiger partial charge on any atom is 0.457 e. The van der Waals surface area contributed by atoms with Crippen LogP contribution in [0.1, 0.15) is 59.3 Å². The molecule has 4 bridgehead atoms. The standard InChI is InChI=1S/C21H26F9IO2/c1-10(2)18(13-5-11-4-12(7-13)8-14(18)6-11)33-15(32)16(3,31)9-17(22,20(25,26)27)19(23,24)21(28,29)30/h10-14H,4-9H2,1-3H3. The number of carbonyl (C=O) groups excluding carboxylic acids is 1. The average molecular weight is 608 g/mol. The predicted octanol–water partition coefficient (Wildman–Crippen LogP) is 7.43. The van der Waals surface area contributed by atoms with Gasteiger partial charge in [0.15, 0.2) is 0 Å². The minimum atomic E-state index is -6.81. The van der Waals surface area contributed by atoms with Gasteiger partial charge in [-0.05, 0) is 68.6 Å². The van der Waals surface area contributed by atoms with Gasteiger partial charge in [-0.2, -0.15) is 35.1 Å². The summed E-state index contributed by atoms with van der Waals surface area (Å²) in [5.74, 6) is -7.72. The Morgan fingerprint density at radius 3 is 1.64 bits per heavy atom. The summed E-state index contributed by atoms with van der Waals surface area (Å²) in [4.78, 5) is 13.1. The van der Waals surface area contributed by atoms with E-state index in [1.54, 1.807) is 13.8 Å². The summed E-state index contributed by atoms with van der Waals surface area (Å²) >= 11 is 1.00. The first-order valence-corrected chi connectivity index (χ1v) is 11.9. The summed E-state index contributed by atoms with van der Waals surface area (Å²) < 4.78 is 124. The second-order valence-electron chi connectivity index (χ2n) is 10.4. The molecule has 0 radical (unpaired) electrons. The Morgan fingerprint density at radius 2 is 1.30 bits per heavy atom. The van der Waals surface area contributed by atoms with Crippen LogP contribution in [-0.4, -0.2) is 38.9 Å². The number of halogens is 10. The molecule has 4 aliphatic carbocycles. The van der Waals surface area contributed by atoms with Gasteiger partial charge in [0.1, 0.15) is 9.02 Å². The Balaban J connectivity index is 1.92. The van der Waals surface area contributed by atoms with Crippen LogP contribution >= 0.6 is 22.6 Å². The van der Waals surface area contributed by atoms with Crippen molar-refractivity contribution in [3.05, 3.63) is 0 Å². The van der Waals surface area contributed by atoms with E-state index in [1.165, 1.54) is 0 Å². The normalized spacial score (nSPS) is 35.9. The number of carbonyl (C=O) groups is 1. The summed E-state index contributed by atoms with van der Waals surface area (Å²) in [5.41, 5.74) is -7.08. The van der Waals surface area contributed by atoms with Crippen LogP contribution in [0.4, 0.5) is 39.5 Å². The van der Waals surface area contributed by atoms with E-state index in [2.05, 4.69) is 0 Å². The van der Waals surface area contributed by atoms with Crippen molar-refractivity contribution < 1.29 is 49.0 Å². The molecule has 2 nitrogen and oxygen atoms in total. The van der Waals surface area contributed by atoms with Gasteiger partial charge in [-0.15, -0.1) is 0 Å². The Labute approximate surface area is 199 Å². The fraction of sp³-hybridized carbons (Fsp3) is 0.952. The number of rotatable bonds is 6. The lowest BCUT2D eigenvalue weighted by molar-refractivity contribution is -0.385. The van der Waals surface area contributed by atoms with E-state index >= 15 is 0 Å². The molecule has 4 saturated carbocycles. The van der Waals surface area contributed by atoms with Crippen molar-refractivity contribution in [1.29, 1.82) is 0 Å². The SMILES string of the molecule is CC(C)C1(OC(=O)C(C)(I)CC(F)(C(F)(F)F)C(F)(F)C(F)(F)F)C2CC3CC(C2)CC1C3. The molecule has 0 saturated heterocycles. The molecule has 192 valence electrons. The Bertz CT molecular complexity index is 747. The molecule has 4 rings (SSSR count). The zero-order valence-corrected chi connectivity index (χ0v) is 20.4. The molecule has 0 heterocycles. The van der Waals surface area contributed by atoms with Gasteiger partial charge in [0.25, 0.3) is 5.67 Å². The molecule has 0 amide bonds. The second-order valence-corrected chi connectivity index (χ2v) is 12.8. The molecular weight excluding hydrogens is 582 g/mol. The number of esters is 1. The molecule has 0 spiro atoms. The van der Waals surface area contributed by atoms with Crippen LogP contribution in [0, 0.1) is 29.6 Å². The first-order chi connectivity index (χ1) is 14.7. The first kappa shape index (κ1) is 27.2. The van der Waals surface area contributed by atoms with E-state index in [1.807, 2.05) is 0 Å². The fourth-order valence-corrected chi connectivity index (χ4v) is 7.19. The van der Waals surface area contributed by atoms with Gasteiger partial charge in [-0.25, -0.2) is 4.39 Å². The largest absolute Gasteiger partial charge is 0.457 e. The van der Waals surface area contributed by atoms with Crippen molar-refractivity contribution in [1.82, 2.24) is 0 Å². The minimum Gasteiger partial charge on any atom is -0.457 e. The highest BCUT2D eigenvalue weighted by Crippen LogP contribution is 2.63. The molecule has 4 aliphatic rings. The predicted molar refractivity (Wildman–Crippen MR) is 109 cm³/mol. The molecule has 0 aromatic heterocycles. The van der Waals surface area contributed by atoms with E-state index in [-0.39, 0.29) is 17.8 Å². The summed E-state index contributed by atoms with van der Waals surface area (Å²) in [7, 11) is 0. The maximum atomic E-state index is 14.7. The van der Waals surface area contributed by atoms with Gasteiger partial charge in [0, 0.05) is 6.42 Å². The smallest absolute Gasteiger partial charge is 0.457 e. The lowest BCUT2D eigenvalue weighted by Crippen LogP contribution is -2.66. The Morgan fingerprint density at radius 1 is 0.879 bits per heavy atom. The van der Waals surface area contributed by atoms with E-state index in [0.717, 1.165) is 54.7 Å². The van der Waals surface area contributed by atoms with Gasteiger partial charge >= 0.3 is 24.2 Å². The van der Waals surface area contributed by atoms with Crippen LogP contribution < -0.4 is 0 Å². The quantitative estimate of drug-likeness (QED) is 0.136. The Hall–Kier alpha value is -0.430. The summed E-state index contributed by atoms with van der Waals surface area (Å²) in [6, 6.07) is 0. The summed E-state index contributed by atoms with van der Waals surface area (Å²) in [6.45, 7) is 4.27. The number of hydrogen-bond acceptors (Lipinski definition) is 2. The van der Waals surface area contributed by atoms with E-state index in [0.29, 0.717) is 18.8 Å². The number of hydrogen-bond donors (Lipinski definition) is 0. The average Bonchev–Trinajstić information content (AvgIpc) is 2.61. The van der Waals surface area contributed by atoms with Gasteiger partial charge in [-0.1, -0.05) is 36.4 Å².